The molecule has 1 fully saturated rings. The first kappa shape index (κ1) is 20.5. The second-order valence-corrected chi connectivity index (χ2v) is 11.8. The zero-order valence-corrected chi connectivity index (χ0v) is 17.1. The normalized spacial score (nSPS) is 25.3. The summed E-state index contributed by atoms with van der Waals surface area (Å²) in [7, 11) is -7.59. The number of sulfone groups is 2. The highest BCUT2D eigenvalue weighted by Gasteiger charge is 2.46. The first-order valence-electron chi connectivity index (χ1n) is 9.31. The van der Waals surface area contributed by atoms with Crippen LogP contribution in [0.1, 0.15) is 37.7 Å². The van der Waals surface area contributed by atoms with Crippen LogP contribution >= 0.6 is 0 Å². The lowest BCUT2D eigenvalue weighted by Gasteiger charge is -2.21. The van der Waals surface area contributed by atoms with Gasteiger partial charge in [-0.15, -0.1) is 0 Å². The molecule has 3 rings (SSSR count). The molecule has 0 aromatic heterocycles. The van der Waals surface area contributed by atoms with Crippen LogP contribution in [0, 0.1) is 12.7 Å². The quantitative estimate of drug-likeness (QED) is 0.723. The monoisotopic (exact) mass is 415 g/mol. The lowest BCUT2D eigenvalue weighted by atomic mass is 9.97. The van der Waals surface area contributed by atoms with Gasteiger partial charge in [-0.25, -0.2) is 21.2 Å². The van der Waals surface area contributed by atoms with Crippen LogP contribution in [0.2, 0.25) is 0 Å². The predicted octanol–water partition coefficient (Wildman–Crippen LogP) is 2.55. The van der Waals surface area contributed by atoms with Crippen LogP contribution < -0.4 is 5.32 Å². The topological polar surface area (TPSA) is 80.3 Å². The van der Waals surface area contributed by atoms with Gasteiger partial charge in [-0.2, -0.15) is 0 Å². The Morgan fingerprint density at radius 2 is 2.00 bits per heavy atom. The van der Waals surface area contributed by atoms with Gasteiger partial charge in [-0.05, 0) is 63.3 Å². The van der Waals surface area contributed by atoms with Gasteiger partial charge < -0.3 is 5.32 Å². The van der Waals surface area contributed by atoms with Crippen molar-refractivity contribution >= 4 is 19.7 Å². The summed E-state index contributed by atoms with van der Waals surface area (Å²) < 4.78 is 64.5. The predicted molar refractivity (Wildman–Crippen MR) is 104 cm³/mol. The van der Waals surface area contributed by atoms with Crippen LogP contribution in [0.4, 0.5) is 4.39 Å². The third-order valence-electron chi connectivity index (χ3n) is 5.33. The Bertz CT molecular complexity index is 938. The lowest BCUT2D eigenvalue weighted by Crippen LogP contribution is -2.44. The van der Waals surface area contributed by atoms with Crippen LogP contribution in [0.25, 0.3) is 0 Å². The van der Waals surface area contributed by atoms with Crippen LogP contribution in [0.5, 0.6) is 0 Å². The smallest absolute Gasteiger partial charge is 0.186 e. The Hall–Kier alpha value is -1.25. The maximum Gasteiger partial charge on any atom is 0.186 e. The van der Waals surface area contributed by atoms with Crippen molar-refractivity contribution in [3.8, 4) is 0 Å². The molecule has 2 atom stereocenters. The third-order valence-corrected chi connectivity index (χ3v) is 9.49. The van der Waals surface area contributed by atoms with Crippen molar-refractivity contribution in [2.45, 2.75) is 55.2 Å². The Labute approximate surface area is 160 Å². The highest BCUT2D eigenvalue weighted by Crippen LogP contribution is 2.28. The Kier molecular flexibility index (Phi) is 6.08. The molecule has 1 aromatic rings. The van der Waals surface area contributed by atoms with Gasteiger partial charge in [0.2, 0.25) is 0 Å². The molecular weight excluding hydrogens is 389 g/mol. The second kappa shape index (κ2) is 8.01. The molecule has 0 radical (unpaired) electrons. The second-order valence-electron chi connectivity index (χ2n) is 7.51. The highest BCUT2D eigenvalue weighted by molar-refractivity contribution is 7.96. The van der Waals surface area contributed by atoms with E-state index in [-0.39, 0.29) is 5.75 Å². The highest BCUT2D eigenvalue weighted by atomic mass is 32.2. The standard InChI is InChI=1S/C19H26FNO4S2/c1-14-7-8-16(20)18(11-14)27(24,25)19-13-26(22,23)12-17(19)21-10-9-15-5-3-2-4-6-15/h5,7-8,11,17,19,21H,2-4,6,9-10,12-13H2,1H3/t17-,19-/m0/s1. The zero-order valence-electron chi connectivity index (χ0n) is 15.4. The fraction of sp³-hybridized carbons (Fsp3) is 0.579. The Morgan fingerprint density at radius 3 is 2.70 bits per heavy atom. The van der Waals surface area contributed by atoms with Crippen molar-refractivity contribution < 1.29 is 21.2 Å². The van der Waals surface area contributed by atoms with Gasteiger partial charge in [0.15, 0.2) is 19.7 Å². The number of hydrogen-bond acceptors (Lipinski definition) is 5. The summed E-state index contributed by atoms with van der Waals surface area (Å²) in [6.07, 6.45) is 7.46. The first-order valence-corrected chi connectivity index (χ1v) is 12.7. The molecular formula is C19H26FNO4S2. The first-order chi connectivity index (χ1) is 12.7. The number of benzene rings is 1. The summed E-state index contributed by atoms with van der Waals surface area (Å²) >= 11 is 0. The number of hydrogen-bond donors (Lipinski definition) is 1. The molecule has 0 saturated carbocycles. The van der Waals surface area contributed by atoms with Crippen LogP contribution in [0.15, 0.2) is 34.7 Å². The number of allylic oxidation sites excluding steroid dienone is 1. The fourth-order valence-electron chi connectivity index (χ4n) is 3.85. The van der Waals surface area contributed by atoms with Crippen molar-refractivity contribution in [1.29, 1.82) is 0 Å². The van der Waals surface area contributed by atoms with Crippen molar-refractivity contribution in [2.75, 3.05) is 18.1 Å². The molecule has 1 aliphatic heterocycles. The van der Waals surface area contributed by atoms with Crippen LogP contribution in [-0.2, 0) is 19.7 Å². The summed E-state index contributed by atoms with van der Waals surface area (Å²) in [5, 5.41) is 1.96. The number of halogens is 1. The van der Waals surface area contributed by atoms with E-state index in [2.05, 4.69) is 11.4 Å². The summed E-state index contributed by atoms with van der Waals surface area (Å²) in [5.74, 6) is -1.54. The Balaban J connectivity index is 1.78. The largest absolute Gasteiger partial charge is 0.311 e. The number of rotatable bonds is 6. The summed E-state index contributed by atoms with van der Waals surface area (Å²) in [6, 6.07) is 3.17. The average molecular weight is 416 g/mol. The van der Waals surface area contributed by atoms with Crippen molar-refractivity contribution in [3.05, 3.63) is 41.2 Å². The molecule has 0 unspecified atom stereocenters. The molecule has 0 bridgehead atoms. The summed E-state index contributed by atoms with van der Waals surface area (Å²) in [6.45, 7) is 2.20. The van der Waals surface area contributed by atoms with Gasteiger partial charge in [0.05, 0.1) is 16.8 Å². The maximum atomic E-state index is 14.2. The maximum absolute atomic E-state index is 14.2. The molecule has 1 N–H and O–H groups in total. The molecule has 0 spiro atoms. The minimum Gasteiger partial charge on any atom is -0.311 e. The van der Waals surface area contributed by atoms with Gasteiger partial charge in [-0.1, -0.05) is 17.7 Å². The van der Waals surface area contributed by atoms with E-state index in [4.69, 9.17) is 0 Å². The minimum atomic E-state index is -4.10. The molecule has 1 heterocycles. The molecule has 8 heteroatoms. The average Bonchev–Trinajstić information content (AvgIpc) is 2.93. The molecule has 1 aliphatic carbocycles. The summed E-state index contributed by atoms with van der Waals surface area (Å²) in [5.41, 5.74) is 1.95. The lowest BCUT2D eigenvalue weighted by molar-refractivity contribution is 0.516. The molecule has 2 aliphatic rings. The van der Waals surface area contributed by atoms with Gasteiger partial charge in [0.25, 0.3) is 0 Å². The SMILES string of the molecule is Cc1ccc(F)c(S(=O)(=O)[C@H]2CS(=O)(=O)C[C@@H]2NCCC2=CCCCC2)c1. The molecule has 1 saturated heterocycles. The van der Waals surface area contributed by atoms with Crippen LogP contribution in [-0.4, -0.2) is 46.2 Å². The minimum absolute atomic E-state index is 0.233. The van der Waals surface area contributed by atoms with Crippen LogP contribution in [0.3, 0.4) is 0 Å². The molecule has 0 amide bonds. The van der Waals surface area contributed by atoms with E-state index in [1.807, 2.05) is 0 Å². The number of nitrogens with one attached hydrogen (secondary N) is 1. The van der Waals surface area contributed by atoms with E-state index in [0.29, 0.717) is 12.1 Å². The fourth-order valence-corrected chi connectivity index (χ4v) is 8.72. The molecule has 5 nitrogen and oxygen atoms in total. The van der Waals surface area contributed by atoms with Gasteiger partial charge in [-0.3, -0.25) is 0 Å². The molecule has 150 valence electrons. The third kappa shape index (κ3) is 4.78. The van der Waals surface area contributed by atoms with E-state index in [1.165, 1.54) is 24.1 Å². The van der Waals surface area contributed by atoms with E-state index >= 15 is 0 Å². The molecule has 27 heavy (non-hydrogen) atoms. The summed E-state index contributed by atoms with van der Waals surface area (Å²) in [4.78, 5) is -0.411. The molecule has 1 aromatic carbocycles. The van der Waals surface area contributed by atoms with E-state index < -0.39 is 47.4 Å². The van der Waals surface area contributed by atoms with Gasteiger partial charge in [0, 0.05) is 6.04 Å². The Morgan fingerprint density at radius 1 is 1.22 bits per heavy atom. The zero-order chi connectivity index (χ0) is 19.7. The van der Waals surface area contributed by atoms with Crippen molar-refractivity contribution in [2.24, 2.45) is 0 Å². The number of aryl methyl sites for hydroxylation is 1. The van der Waals surface area contributed by atoms with Gasteiger partial charge in [0.1, 0.15) is 10.7 Å². The van der Waals surface area contributed by atoms with E-state index in [0.717, 1.165) is 31.7 Å². The van der Waals surface area contributed by atoms with E-state index in [9.17, 15) is 21.2 Å². The van der Waals surface area contributed by atoms with Gasteiger partial charge >= 0.3 is 0 Å². The van der Waals surface area contributed by atoms with Crippen molar-refractivity contribution in [1.82, 2.24) is 5.32 Å². The van der Waals surface area contributed by atoms with Crippen molar-refractivity contribution in [3.63, 3.8) is 0 Å². The van der Waals surface area contributed by atoms with E-state index in [1.54, 1.807) is 6.92 Å².